The van der Waals surface area contributed by atoms with E-state index in [4.69, 9.17) is 16.3 Å². The summed E-state index contributed by atoms with van der Waals surface area (Å²) in [5, 5.41) is 5.57. The lowest BCUT2D eigenvalue weighted by molar-refractivity contribution is -0.123. The van der Waals surface area contributed by atoms with E-state index in [-0.39, 0.29) is 12.5 Å². The Balaban J connectivity index is 1.67. The van der Waals surface area contributed by atoms with Gasteiger partial charge < -0.3 is 10.1 Å². The normalized spacial score (nSPS) is 15.3. The highest BCUT2D eigenvalue weighted by Gasteiger charge is 2.17. The predicted molar refractivity (Wildman–Crippen MR) is 84.9 cm³/mol. The van der Waals surface area contributed by atoms with Crippen molar-refractivity contribution in [2.45, 2.75) is 31.7 Å². The van der Waals surface area contributed by atoms with Crippen LogP contribution in [0.3, 0.4) is 0 Å². The van der Waals surface area contributed by atoms with Crippen molar-refractivity contribution in [2.75, 3.05) is 6.61 Å². The molecule has 0 aromatic heterocycles. The Bertz CT molecular complexity index is 650. The van der Waals surface area contributed by atoms with E-state index >= 15 is 0 Å². The number of fused-ring (bicyclic) bond motifs is 1. The van der Waals surface area contributed by atoms with Crippen molar-refractivity contribution in [1.29, 1.82) is 0 Å². The number of carbonyl (C=O) groups is 1. The fraction of sp³-hybridized carbons (Fsp3) is 0.353. The van der Waals surface area contributed by atoms with Gasteiger partial charge in [0.15, 0.2) is 6.61 Å². The number of nitrogens with one attached hydrogen (secondary N) is 1. The topological polar surface area (TPSA) is 38.3 Å². The van der Waals surface area contributed by atoms with Crippen LogP contribution in [0.5, 0.6) is 5.75 Å². The lowest BCUT2D eigenvalue weighted by Crippen LogP contribution is -2.36. The van der Waals surface area contributed by atoms with E-state index in [0.717, 1.165) is 23.6 Å². The molecule has 1 aliphatic carbocycles. The number of ether oxygens (including phenoxy) is 1. The molecule has 1 aliphatic rings. The Labute approximate surface area is 129 Å². The number of carbonyl (C=O) groups excluding carboxylic acids is 1. The highest BCUT2D eigenvalue weighted by atomic mass is 35.5. The predicted octanol–water partition coefficient (Wildman–Crippen LogP) is 3.93. The van der Waals surface area contributed by atoms with Crippen molar-refractivity contribution in [3.63, 3.8) is 0 Å². The molecule has 0 radical (unpaired) electrons. The van der Waals surface area contributed by atoms with Crippen molar-refractivity contribution in [3.05, 3.63) is 41.4 Å². The van der Waals surface area contributed by atoms with E-state index in [1.807, 2.05) is 30.3 Å². The molecule has 4 heteroatoms. The molecule has 0 spiro atoms. The Morgan fingerprint density at radius 3 is 2.62 bits per heavy atom. The molecular formula is C17H18ClNO2. The average Bonchev–Trinajstić information content (AvgIpc) is 3.00. The quantitative estimate of drug-likeness (QED) is 0.929. The van der Waals surface area contributed by atoms with Crippen LogP contribution in [0.15, 0.2) is 36.4 Å². The van der Waals surface area contributed by atoms with Gasteiger partial charge in [-0.3, -0.25) is 4.79 Å². The summed E-state index contributed by atoms with van der Waals surface area (Å²) in [6.07, 6.45) is 4.56. The number of rotatable bonds is 4. The second-order valence-corrected chi connectivity index (χ2v) is 5.84. The van der Waals surface area contributed by atoms with Crippen molar-refractivity contribution in [2.24, 2.45) is 0 Å². The van der Waals surface area contributed by atoms with Crippen LogP contribution in [-0.2, 0) is 4.79 Å². The molecule has 1 amide bonds. The highest BCUT2D eigenvalue weighted by Crippen LogP contribution is 2.31. The van der Waals surface area contributed by atoms with Crippen LogP contribution < -0.4 is 10.1 Å². The van der Waals surface area contributed by atoms with E-state index in [2.05, 4.69) is 5.32 Å². The molecule has 2 aromatic rings. The molecule has 0 saturated heterocycles. The highest BCUT2D eigenvalue weighted by molar-refractivity contribution is 6.35. The summed E-state index contributed by atoms with van der Waals surface area (Å²) >= 11 is 6.17. The monoisotopic (exact) mass is 303 g/mol. The van der Waals surface area contributed by atoms with Gasteiger partial charge in [-0.2, -0.15) is 0 Å². The number of hydrogen-bond donors (Lipinski definition) is 1. The van der Waals surface area contributed by atoms with Gasteiger partial charge >= 0.3 is 0 Å². The number of amides is 1. The zero-order valence-corrected chi connectivity index (χ0v) is 12.5. The van der Waals surface area contributed by atoms with Gasteiger partial charge in [0, 0.05) is 21.8 Å². The van der Waals surface area contributed by atoms with E-state index < -0.39 is 0 Å². The molecule has 1 N–H and O–H groups in total. The molecule has 0 aliphatic heterocycles. The number of halogens is 1. The van der Waals surface area contributed by atoms with Crippen LogP contribution in [0.25, 0.3) is 10.8 Å². The Kier molecular flexibility index (Phi) is 4.30. The first-order chi connectivity index (χ1) is 10.2. The average molecular weight is 304 g/mol. The lowest BCUT2D eigenvalue weighted by Gasteiger charge is -2.13. The van der Waals surface area contributed by atoms with E-state index in [1.165, 1.54) is 12.8 Å². The maximum absolute atomic E-state index is 11.9. The minimum Gasteiger partial charge on any atom is -0.483 e. The zero-order valence-electron chi connectivity index (χ0n) is 11.8. The first kappa shape index (κ1) is 14.2. The standard InChI is InChI=1S/C17H18ClNO2/c18-15-9-10-16(14-8-4-3-7-13(14)15)21-11-17(20)19-12-5-1-2-6-12/h3-4,7-10,12H,1-2,5-6,11H2,(H,19,20). The Morgan fingerprint density at radius 2 is 1.86 bits per heavy atom. The fourth-order valence-electron chi connectivity index (χ4n) is 2.84. The molecule has 0 bridgehead atoms. The van der Waals surface area contributed by atoms with Crippen LogP contribution >= 0.6 is 11.6 Å². The molecule has 110 valence electrons. The molecule has 21 heavy (non-hydrogen) atoms. The molecule has 1 fully saturated rings. The summed E-state index contributed by atoms with van der Waals surface area (Å²) < 4.78 is 5.68. The molecular weight excluding hydrogens is 286 g/mol. The smallest absolute Gasteiger partial charge is 0.258 e. The maximum Gasteiger partial charge on any atom is 0.258 e. The van der Waals surface area contributed by atoms with Crippen molar-refractivity contribution < 1.29 is 9.53 Å². The van der Waals surface area contributed by atoms with Gasteiger partial charge in [0.25, 0.3) is 5.91 Å². The largest absolute Gasteiger partial charge is 0.483 e. The van der Waals surface area contributed by atoms with Crippen LogP contribution in [0, 0.1) is 0 Å². The minimum absolute atomic E-state index is 0.0438. The SMILES string of the molecule is O=C(COc1ccc(Cl)c2ccccc12)NC1CCCC1. The summed E-state index contributed by atoms with van der Waals surface area (Å²) in [4.78, 5) is 11.9. The van der Waals surface area contributed by atoms with Gasteiger partial charge in [-0.15, -0.1) is 0 Å². The molecule has 0 heterocycles. The fourth-order valence-corrected chi connectivity index (χ4v) is 3.07. The Hall–Kier alpha value is -1.74. The number of benzene rings is 2. The summed E-state index contributed by atoms with van der Waals surface area (Å²) in [7, 11) is 0. The molecule has 0 atom stereocenters. The molecule has 3 nitrogen and oxygen atoms in total. The molecule has 0 unspecified atom stereocenters. The lowest BCUT2D eigenvalue weighted by atomic mass is 10.1. The number of hydrogen-bond acceptors (Lipinski definition) is 2. The second kappa shape index (κ2) is 6.35. The Morgan fingerprint density at radius 1 is 1.14 bits per heavy atom. The van der Waals surface area contributed by atoms with Gasteiger partial charge in [0.05, 0.1) is 0 Å². The van der Waals surface area contributed by atoms with Gasteiger partial charge in [-0.25, -0.2) is 0 Å². The third kappa shape index (κ3) is 3.30. The maximum atomic E-state index is 11.9. The molecule has 1 saturated carbocycles. The van der Waals surface area contributed by atoms with Gasteiger partial charge in [-0.1, -0.05) is 48.7 Å². The van der Waals surface area contributed by atoms with Crippen LogP contribution in [0.1, 0.15) is 25.7 Å². The van der Waals surface area contributed by atoms with Gasteiger partial charge in [0.2, 0.25) is 0 Å². The van der Waals surface area contributed by atoms with Crippen molar-refractivity contribution in [1.82, 2.24) is 5.32 Å². The van der Waals surface area contributed by atoms with E-state index in [9.17, 15) is 4.79 Å². The van der Waals surface area contributed by atoms with Gasteiger partial charge in [-0.05, 0) is 25.0 Å². The van der Waals surface area contributed by atoms with Crippen molar-refractivity contribution in [3.8, 4) is 5.75 Å². The van der Waals surface area contributed by atoms with Crippen LogP contribution in [0.2, 0.25) is 5.02 Å². The zero-order chi connectivity index (χ0) is 14.7. The van der Waals surface area contributed by atoms with Crippen molar-refractivity contribution >= 4 is 28.3 Å². The first-order valence-corrected chi connectivity index (χ1v) is 7.71. The van der Waals surface area contributed by atoms with E-state index in [1.54, 1.807) is 6.07 Å². The summed E-state index contributed by atoms with van der Waals surface area (Å²) in [5.74, 6) is 0.637. The third-order valence-electron chi connectivity index (χ3n) is 3.91. The summed E-state index contributed by atoms with van der Waals surface area (Å²) in [6.45, 7) is 0.0438. The molecule has 2 aromatic carbocycles. The summed E-state index contributed by atoms with van der Waals surface area (Å²) in [6, 6.07) is 11.7. The van der Waals surface area contributed by atoms with Crippen LogP contribution in [-0.4, -0.2) is 18.6 Å². The van der Waals surface area contributed by atoms with Gasteiger partial charge in [0.1, 0.15) is 5.75 Å². The first-order valence-electron chi connectivity index (χ1n) is 7.33. The summed E-state index contributed by atoms with van der Waals surface area (Å²) in [5.41, 5.74) is 0. The second-order valence-electron chi connectivity index (χ2n) is 5.43. The third-order valence-corrected chi connectivity index (χ3v) is 4.24. The molecule has 3 rings (SSSR count). The van der Waals surface area contributed by atoms with E-state index in [0.29, 0.717) is 16.8 Å². The minimum atomic E-state index is -0.0547. The van der Waals surface area contributed by atoms with Crippen LogP contribution in [0.4, 0.5) is 0 Å².